The molecule has 0 saturated heterocycles. The highest BCUT2D eigenvalue weighted by Crippen LogP contribution is 2.64. The smallest absolute Gasteiger partial charge is 0.347 e. The van der Waals surface area contributed by atoms with E-state index in [9.17, 15) is 119 Å². The first-order chi connectivity index (χ1) is 20.2. The van der Waals surface area contributed by atoms with Gasteiger partial charge in [-0.25, -0.2) is 4.31 Å². The zero-order valence-electron chi connectivity index (χ0n) is 21.0. The molecule has 0 heterocycles. The minimum absolute atomic E-state index is 1.00. The van der Waals surface area contributed by atoms with E-state index in [1.54, 1.807) is 0 Å². The summed E-state index contributed by atoms with van der Waals surface area (Å²) in [6.07, 6.45) is -20.5. The topological polar surface area (TPSA) is 95.6 Å². The van der Waals surface area contributed by atoms with Crippen molar-refractivity contribution in [1.29, 1.82) is 0 Å². The molecule has 0 aliphatic rings. The summed E-state index contributed by atoms with van der Waals surface area (Å²) in [6.45, 7) is -6.90. The van der Waals surface area contributed by atoms with E-state index < -0.39 is 112 Å². The van der Waals surface area contributed by atoms with Crippen LogP contribution < -0.4 is 10.6 Å². The van der Waals surface area contributed by atoms with E-state index >= 15 is 0 Å². The van der Waals surface area contributed by atoms with E-state index in [0.29, 0.717) is 0 Å². The second kappa shape index (κ2) is 12.6. The molecule has 0 spiro atoms. The molecule has 0 aromatic carbocycles. The summed E-state index contributed by atoms with van der Waals surface area (Å²) in [4.78, 5) is 21.9. The van der Waals surface area contributed by atoms with Crippen molar-refractivity contribution in [1.82, 2.24) is 14.9 Å². The Hall–Kier alpha value is -2.76. The summed E-state index contributed by atoms with van der Waals surface area (Å²) in [5, 5.41) is -6.04. The summed E-state index contributed by atoms with van der Waals surface area (Å²) >= 11 is 0. The Bertz CT molecular complexity index is 1250. The van der Waals surface area contributed by atoms with Crippen molar-refractivity contribution in [2.75, 3.05) is 26.2 Å². The minimum atomic E-state index is -9.29. The lowest BCUT2D eigenvalue weighted by Gasteiger charge is -2.43. The van der Waals surface area contributed by atoms with Crippen LogP contribution in [0.25, 0.3) is 0 Å². The normalized spacial score (nSPS) is 15.5. The second-order valence-corrected chi connectivity index (χ2v) is 10.2. The van der Waals surface area contributed by atoms with Gasteiger partial charge in [-0.15, -0.1) is 0 Å². The van der Waals surface area contributed by atoms with E-state index in [4.69, 9.17) is 0 Å². The van der Waals surface area contributed by atoms with Gasteiger partial charge in [0, 0.05) is 26.2 Å². The van der Waals surface area contributed by atoms with Gasteiger partial charge in [0.25, 0.3) is 0 Å². The van der Waals surface area contributed by atoms with Crippen LogP contribution in [0.5, 0.6) is 0 Å². The van der Waals surface area contributed by atoms with Gasteiger partial charge in [-0.2, -0.15) is 109 Å². The van der Waals surface area contributed by atoms with E-state index in [1.807, 2.05) is 0 Å². The number of amides is 2. The maximum absolute atomic E-state index is 14.3. The molecule has 2 N–H and O–H groups in total. The highest BCUT2D eigenvalue weighted by Gasteiger charge is 2.96. The number of alkyl halides is 23. The van der Waals surface area contributed by atoms with Crippen LogP contribution in [0.15, 0.2) is 0 Å². The minimum Gasteiger partial charge on any atom is -0.347 e. The van der Waals surface area contributed by atoms with Crippen molar-refractivity contribution in [2.45, 2.75) is 59.3 Å². The van der Waals surface area contributed by atoms with Crippen LogP contribution in [0.2, 0.25) is 0 Å². The monoisotopic (exact) mass is 777 g/mol. The molecule has 0 bridgehead atoms. The molecule has 0 radical (unpaired) electrons. The predicted octanol–water partition coefficient (Wildman–Crippen LogP) is 4.94. The van der Waals surface area contributed by atoms with Crippen molar-refractivity contribution in [2.24, 2.45) is 0 Å². The van der Waals surface area contributed by atoms with Gasteiger partial charge in [0.05, 0.1) is 0 Å². The van der Waals surface area contributed by atoms with E-state index in [2.05, 4.69) is 0 Å². The summed E-state index contributed by atoms with van der Waals surface area (Å²) < 4.78 is 323. The van der Waals surface area contributed by atoms with Crippen molar-refractivity contribution in [3.05, 3.63) is 0 Å². The maximum Gasteiger partial charge on any atom is 0.472 e. The number of nitrogens with zero attached hydrogens (tertiary/aromatic N) is 1. The molecule has 7 nitrogen and oxygen atoms in total. The second-order valence-electron chi connectivity index (χ2n) is 8.34. The number of halogens is 23. The van der Waals surface area contributed by atoms with E-state index in [1.165, 1.54) is 5.32 Å². The van der Waals surface area contributed by atoms with Crippen LogP contribution in [-0.2, 0) is 19.6 Å². The Balaban J connectivity index is 6.82. The molecule has 0 aromatic heterocycles. The van der Waals surface area contributed by atoms with Crippen molar-refractivity contribution >= 4 is 21.8 Å². The molecule has 0 atom stereocenters. The van der Waals surface area contributed by atoms with Gasteiger partial charge in [-0.05, 0) is 0 Å². The lowest BCUT2D eigenvalue weighted by atomic mass is 9.91. The third-order valence-electron chi connectivity index (χ3n) is 5.11. The van der Waals surface area contributed by atoms with Gasteiger partial charge in [-0.1, -0.05) is 0 Å². The molecular formula is C16H10F23N3O4S. The van der Waals surface area contributed by atoms with Crippen molar-refractivity contribution in [3.8, 4) is 0 Å². The Morgan fingerprint density at radius 2 is 0.851 bits per heavy atom. The lowest BCUT2D eigenvalue weighted by molar-refractivity contribution is -0.458. The average Bonchev–Trinajstić information content (AvgIpc) is 2.84. The van der Waals surface area contributed by atoms with Gasteiger partial charge in [0.1, 0.15) is 0 Å². The van der Waals surface area contributed by atoms with Crippen LogP contribution in [0.4, 0.5) is 101 Å². The zero-order valence-corrected chi connectivity index (χ0v) is 21.8. The number of rotatable bonds is 14. The standard InChI is InChI=1S/C16H10F23N3O4S/c17-7(18,19)5(43)41-2-1-40-3-4-42(6(44)8(20,21)22)47(45,46)16(38,39)14(33,34)12(29,30)10(25,26)9(23,24)11(27,28)13(31,32)15(35,36)37/h40H,1-4H2,(H,41,43). The molecule has 0 aromatic rings. The molecule has 0 unspecified atom stereocenters. The molecule has 2 amide bonds. The molecule has 280 valence electrons. The zero-order chi connectivity index (χ0) is 38.5. The Morgan fingerprint density at radius 1 is 0.489 bits per heavy atom. The molecule has 0 rings (SSSR count). The molecular weight excluding hydrogens is 767 g/mol. The van der Waals surface area contributed by atoms with E-state index in [0.717, 1.165) is 5.32 Å². The Labute approximate surface area is 242 Å². The van der Waals surface area contributed by atoms with Gasteiger partial charge in [0.15, 0.2) is 0 Å². The first-order valence-corrected chi connectivity index (χ1v) is 12.0. The summed E-state index contributed by atoms with van der Waals surface area (Å²) in [6, 6.07) is 0. The molecule has 0 saturated carbocycles. The van der Waals surface area contributed by atoms with Crippen LogP contribution in [-0.4, -0.2) is 110 Å². The van der Waals surface area contributed by atoms with Crippen LogP contribution in [0.3, 0.4) is 0 Å². The first-order valence-electron chi connectivity index (χ1n) is 10.6. The van der Waals surface area contributed by atoms with Gasteiger partial charge < -0.3 is 10.6 Å². The summed E-state index contributed by atoms with van der Waals surface area (Å²) in [5.41, 5.74) is 0. The number of carbonyl (C=O) groups is 2. The third kappa shape index (κ3) is 7.32. The fraction of sp³-hybridized carbons (Fsp3) is 0.875. The number of nitrogens with one attached hydrogen (secondary N) is 2. The maximum atomic E-state index is 14.3. The Kier molecular flexibility index (Phi) is 11.9. The SMILES string of the molecule is O=C(NCCNCCN(C(=O)C(F)(F)F)S(=O)(=O)C(F)(F)C(F)(F)C(F)(F)C(F)(F)C(F)(F)C(F)(F)C(F)(F)C(F)(F)F)C(F)(F)F. The molecule has 0 aliphatic heterocycles. The summed E-state index contributed by atoms with van der Waals surface area (Å²) in [5.74, 6) is -61.3. The fourth-order valence-electron chi connectivity index (χ4n) is 2.59. The molecule has 0 fully saturated rings. The van der Waals surface area contributed by atoms with Crippen molar-refractivity contribution in [3.63, 3.8) is 0 Å². The van der Waals surface area contributed by atoms with Crippen molar-refractivity contribution < 1.29 is 119 Å². The highest BCUT2D eigenvalue weighted by molar-refractivity contribution is 7.90. The predicted molar refractivity (Wildman–Crippen MR) is 99.3 cm³/mol. The molecule has 31 heteroatoms. The van der Waals surface area contributed by atoms with Gasteiger partial charge >= 0.3 is 81.2 Å². The average molecular weight is 777 g/mol. The lowest BCUT2D eigenvalue weighted by Crippen LogP contribution is -2.75. The van der Waals surface area contributed by atoms with Crippen LogP contribution in [0, 0.1) is 0 Å². The molecule has 0 aliphatic carbocycles. The number of hydrogen-bond acceptors (Lipinski definition) is 5. The largest absolute Gasteiger partial charge is 0.472 e. The summed E-state index contributed by atoms with van der Waals surface area (Å²) in [7, 11) is -8.69. The van der Waals surface area contributed by atoms with Crippen LogP contribution in [0.1, 0.15) is 0 Å². The quantitative estimate of drug-likeness (QED) is 0.193. The number of carbonyl (C=O) groups excluding carboxylic acids is 2. The number of sulfonamides is 1. The first kappa shape index (κ1) is 44.2. The molecule has 47 heavy (non-hydrogen) atoms. The van der Waals surface area contributed by atoms with Gasteiger partial charge in [-0.3, -0.25) is 9.59 Å². The highest BCUT2D eigenvalue weighted by atomic mass is 32.2. The number of hydrogen-bond donors (Lipinski definition) is 2. The fourth-order valence-corrected chi connectivity index (χ4v) is 3.97. The van der Waals surface area contributed by atoms with E-state index in [-0.39, 0.29) is 0 Å². The van der Waals surface area contributed by atoms with Gasteiger partial charge in [0.2, 0.25) is 0 Å². The Morgan fingerprint density at radius 3 is 1.19 bits per heavy atom. The van der Waals surface area contributed by atoms with Crippen LogP contribution >= 0.6 is 0 Å². The third-order valence-corrected chi connectivity index (χ3v) is 6.95.